The van der Waals surface area contributed by atoms with Gasteiger partial charge >= 0.3 is 0 Å². The fourth-order valence-electron chi connectivity index (χ4n) is 3.31. The molecule has 9 nitrogen and oxygen atoms in total. The molecule has 0 saturated carbocycles. The Bertz CT molecular complexity index is 1140. The van der Waals surface area contributed by atoms with Crippen molar-refractivity contribution in [1.82, 2.24) is 15.2 Å². The summed E-state index contributed by atoms with van der Waals surface area (Å²) in [5.41, 5.74) is 1.58. The summed E-state index contributed by atoms with van der Waals surface area (Å²) >= 11 is 1.39. The van der Waals surface area contributed by atoms with Crippen molar-refractivity contribution in [3.05, 3.63) is 64.2 Å². The van der Waals surface area contributed by atoms with Crippen molar-refractivity contribution in [2.45, 2.75) is 25.2 Å². The number of fused-ring (bicyclic) bond motifs is 3. The summed E-state index contributed by atoms with van der Waals surface area (Å²) in [6.45, 7) is 3.35. The first-order valence-corrected chi connectivity index (χ1v) is 10.2. The zero-order valence-electron chi connectivity index (χ0n) is 16.2. The molecule has 1 aliphatic rings. The van der Waals surface area contributed by atoms with Gasteiger partial charge in [0.2, 0.25) is 23.2 Å². The first-order chi connectivity index (χ1) is 14.5. The van der Waals surface area contributed by atoms with Gasteiger partial charge in [0.1, 0.15) is 0 Å². The van der Waals surface area contributed by atoms with E-state index in [1.807, 2.05) is 13.0 Å². The van der Waals surface area contributed by atoms with Crippen molar-refractivity contribution < 1.29 is 14.5 Å². The van der Waals surface area contributed by atoms with Gasteiger partial charge in [-0.15, -0.1) is 10.2 Å². The molecule has 10 heteroatoms. The monoisotopic (exact) mass is 423 g/mol. The highest BCUT2D eigenvalue weighted by Gasteiger charge is 2.37. The van der Waals surface area contributed by atoms with Gasteiger partial charge in [0, 0.05) is 18.6 Å². The van der Waals surface area contributed by atoms with Crippen LogP contribution in [0.15, 0.2) is 53.7 Å². The number of hydrogen-bond donors (Lipinski definition) is 0. The minimum atomic E-state index is -1.09. The maximum atomic E-state index is 12.7. The molecule has 152 valence electrons. The number of nitrogens with zero attached hydrogens (tertiary/aromatic N) is 5. The Morgan fingerprint density at radius 3 is 2.67 bits per heavy atom. The first-order valence-electron chi connectivity index (χ1n) is 9.18. The van der Waals surface area contributed by atoms with Crippen LogP contribution >= 0.6 is 11.8 Å². The number of hydrogen-bond acceptors (Lipinski definition) is 8. The second kappa shape index (κ2) is 8.07. The van der Waals surface area contributed by atoms with Crippen molar-refractivity contribution in [1.29, 1.82) is 0 Å². The Morgan fingerprint density at radius 2 is 1.93 bits per heavy atom. The summed E-state index contributed by atoms with van der Waals surface area (Å²) in [4.78, 5) is 29.7. The summed E-state index contributed by atoms with van der Waals surface area (Å²) < 4.78 is 6.15. The third-order valence-electron chi connectivity index (χ3n) is 4.52. The van der Waals surface area contributed by atoms with E-state index in [0.717, 1.165) is 5.75 Å². The average molecular weight is 423 g/mol. The largest absolute Gasteiger partial charge is 0.447 e. The molecule has 0 saturated heterocycles. The van der Waals surface area contributed by atoms with Crippen LogP contribution in [0.5, 0.6) is 5.88 Å². The average Bonchev–Trinajstić information content (AvgIpc) is 2.88. The van der Waals surface area contributed by atoms with E-state index in [-0.39, 0.29) is 23.0 Å². The number of nitro benzene ring substituents is 1. The van der Waals surface area contributed by atoms with Gasteiger partial charge in [-0.25, -0.2) is 0 Å². The lowest BCUT2D eigenvalue weighted by Gasteiger charge is -2.29. The number of benzene rings is 2. The Kier molecular flexibility index (Phi) is 5.32. The van der Waals surface area contributed by atoms with Gasteiger partial charge in [0.15, 0.2) is 5.69 Å². The topological polar surface area (TPSA) is 111 Å². The van der Waals surface area contributed by atoms with Gasteiger partial charge in [-0.3, -0.25) is 19.8 Å². The maximum absolute atomic E-state index is 12.7. The van der Waals surface area contributed by atoms with Gasteiger partial charge < -0.3 is 4.74 Å². The molecule has 4 rings (SSSR count). The fraction of sp³-hybridized carbons (Fsp3) is 0.200. The lowest BCUT2D eigenvalue weighted by atomic mass is 10.1. The molecule has 0 radical (unpaired) electrons. The van der Waals surface area contributed by atoms with Crippen LogP contribution in [0.2, 0.25) is 0 Å². The molecule has 0 N–H and O–H groups in total. The number of nitro groups is 1. The Labute approximate surface area is 176 Å². The van der Waals surface area contributed by atoms with Crippen LogP contribution in [0.4, 0.5) is 11.4 Å². The quantitative estimate of drug-likeness (QED) is 0.352. The molecule has 0 aliphatic carbocycles. The highest BCUT2D eigenvalue weighted by Crippen LogP contribution is 2.44. The smallest absolute Gasteiger partial charge is 0.278 e. The number of carbonyl (C=O) groups is 1. The molecule has 2 aromatic carbocycles. The van der Waals surface area contributed by atoms with Crippen LogP contribution in [0.1, 0.15) is 25.6 Å². The summed E-state index contributed by atoms with van der Waals surface area (Å²) in [5, 5.41) is 20.5. The van der Waals surface area contributed by atoms with Gasteiger partial charge in [0.25, 0.3) is 5.69 Å². The Hall–Kier alpha value is -3.53. The van der Waals surface area contributed by atoms with Gasteiger partial charge in [-0.2, -0.15) is 4.98 Å². The first kappa shape index (κ1) is 19.8. The molecule has 1 unspecified atom stereocenters. The molecule has 30 heavy (non-hydrogen) atoms. The van der Waals surface area contributed by atoms with E-state index in [1.165, 1.54) is 29.7 Å². The fourth-order valence-corrected chi connectivity index (χ4v) is 3.81. The van der Waals surface area contributed by atoms with E-state index in [0.29, 0.717) is 22.1 Å². The molecule has 1 aromatic heterocycles. The minimum Gasteiger partial charge on any atom is -0.447 e. The van der Waals surface area contributed by atoms with E-state index in [4.69, 9.17) is 4.74 Å². The summed E-state index contributed by atoms with van der Waals surface area (Å²) in [6, 6.07) is 13.3. The molecule has 0 spiro atoms. The van der Waals surface area contributed by atoms with E-state index in [9.17, 15) is 14.9 Å². The van der Waals surface area contributed by atoms with Crippen molar-refractivity contribution in [3.8, 4) is 17.1 Å². The molecule has 1 atom stereocenters. The standard InChI is InChI=1S/C20H17N5O4S/c1-3-30-20-21-18-17(22-23-20)13-8-4-6-10-15(13)24(12(2)26)19(29-18)14-9-5-7-11-16(14)25(27)28/h4-11,19H,3H2,1-2H3. The molecule has 3 aromatic rings. The number of ether oxygens (including phenoxy) is 1. The molecule has 2 heterocycles. The molecule has 0 bridgehead atoms. The number of thioether (sulfide) groups is 1. The van der Waals surface area contributed by atoms with Gasteiger partial charge in [-0.1, -0.05) is 49.0 Å². The zero-order valence-corrected chi connectivity index (χ0v) is 17.0. The van der Waals surface area contributed by atoms with Crippen LogP contribution in [0.25, 0.3) is 11.3 Å². The SMILES string of the molecule is CCSc1nnc2c(n1)OC(c1ccccc1[N+](=O)[O-])N(C(C)=O)c1ccccc1-2. The Balaban J connectivity index is 1.99. The summed E-state index contributed by atoms with van der Waals surface area (Å²) in [7, 11) is 0. The van der Waals surface area contributed by atoms with E-state index in [2.05, 4.69) is 15.2 Å². The Morgan fingerprint density at radius 1 is 1.20 bits per heavy atom. The zero-order chi connectivity index (χ0) is 21.3. The van der Waals surface area contributed by atoms with Crippen molar-refractivity contribution >= 4 is 29.0 Å². The van der Waals surface area contributed by atoms with E-state index >= 15 is 0 Å². The molecule has 1 aliphatic heterocycles. The highest BCUT2D eigenvalue weighted by molar-refractivity contribution is 7.99. The minimum absolute atomic E-state index is 0.153. The summed E-state index contributed by atoms with van der Waals surface area (Å²) in [5.74, 6) is 0.569. The lowest BCUT2D eigenvalue weighted by molar-refractivity contribution is -0.386. The molecule has 1 amide bonds. The van der Waals surface area contributed by atoms with Crippen molar-refractivity contribution in [2.75, 3.05) is 10.7 Å². The molecule has 0 fully saturated rings. The molecular weight excluding hydrogens is 406 g/mol. The van der Waals surface area contributed by atoms with Crippen molar-refractivity contribution in [2.24, 2.45) is 0 Å². The number of aromatic nitrogens is 3. The van der Waals surface area contributed by atoms with Gasteiger partial charge in [0.05, 0.1) is 16.2 Å². The van der Waals surface area contributed by atoms with Crippen LogP contribution in [0.3, 0.4) is 0 Å². The second-order valence-corrected chi connectivity index (χ2v) is 7.60. The summed E-state index contributed by atoms with van der Waals surface area (Å²) in [6.07, 6.45) is -1.09. The van der Waals surface area contributed by atoms with E-state index < -0.39 is 11.2 Å². The lowest BCUT2D eigenvalue weighted by Crippen LogP contribution is -2.36. The predicted molar refractivity (Wildman–Crippen MR) is 111 cm³/mol. The highest BCUT2D eigenvalue weighted by atomic mass is 32.2. The van der Waals surface area contributed by atoms with E-state index in [1.54, 1.807) is 36.4 Å². The molecular formula is C20H17N5O4S. The van der Waals surface area contributed by atoms with Crippen LogP contribution < -0.4 is 9.64 Å². The number of anilines is 1. The number of amides is 1. The normalized spacial score (nSPS) is 14.9. The predicted octanol–water partition coefficient (Wildman–Crippen LogP) is 4.00. The van der Waals surface area contributed by atoms with Crippen LogP contribution in [-0.4, -0.2) is 31.8 Å². The number of carbonyl (C=O) groups excluding carboxylic acids is 1. The third kappa shape index (κ3) is 3.45. The van der Waals surface area contributed by atoms with Crippen LogP contribution in [0, 0.1) is 10.1 Å². The maximum Gasteiger partial charge on any atom is 0.278 e. The van der Waals surface area contributed by atoms with Crippen LogP contribution in [-0.2, 0) is 4.79 Å². The second-order valence-electron chi connectivity index (χ2n) is 6.37. The van der Waals surface area contributed by atoms with Gasteiger partial charge in [-0.05, 0) is 17.9 Å². The van der Waals surface area contributed by atoms with Crippen molar-refractivity contribution in [3.63, 3.8) is 0 Å². The number of para-hydroxylation sites is 2. The number of rotatable bonds is 4. The third-order valence-corrected chi connectivity index (χ3v) is 5.24.